The Labute approximate surface area is 199 Å². The van der Waals surface area contributed by atoms with Crippen LogP contribution in [0.2, 0.25) is 5.02 Å². The summed E-state index contributed by atoms with van der Waals surface area (Å²) in [6.07, 6.45) is 0. The smallest absolute Gasteiger partial charge is 0.267 e. The number of hydrogen-bond acceptors (Lipinski definition) is 5. The molecule has 0 fully saturated rings. The third kappa shape index (κ3) is 4.33. The lowest BCUT2D eigenvalue weighted by Crippen LogP contribution is -2.23. The fraction of sp³-hybridized carbons (Fsp3) is 0.208. The summed E-state index contributed by atoms with van der Waals surface area (Å²) in [5.74, 6) is -0.0378. The Morgan fingerprint density at radius 2 is 1.88 bits per heavy atom. The van der Waals surface area contributed by atoms with E-state index in [1.165, 1.54) is 23.1 Å². The van der Waals surface area contributed by atoms with Crippen molar-refractivity contribution in [3.8, 4) is 5.69 Å². The predicted molar refractivity (Wildman–Crippen MR) is 135 cm³/mol. The van der Waals surface area contributed by atoms with E-state index in [4.69, 9.17) is 16.6 Å². The molecule has 32 heavy (non-hydrogen) atoms. The molecular formula is C24H22ClN3O2S2. The van der Waals surface area contributed by atoms with Gasteiger partial charge in [0.15, 0.2) is 5.16 Å². The first-order valence-electron chi connectivity index (χ1n) is 10.0. The van der Waals surface area contributed by atoms with Crippen molar-refractivity contribution in [2.75, 3.05) is 11.1 Å². The summed E-state index contributed by atoms with van der Waals surface area (Å²) in [6.45, 7) is 7.90. The second-order valence-electron chi connectivity index (χ2n) is 7.56. The Bertz CT molecular complexity index is 1410. The van der Waals surface area contributed by atoms with E-state index in [2.05, 4.69) is 5.32 Å². The number of aryl methyl sites for hydroxylation is 3. The molecule has 0 radical (unpaired) electrons. The largest absolute Gasteiger partial charge is 0.325 e. The van der Waals surface area contributed by atoms with Crippen LogP contribution in [0.25, 0.3) is 15.9 Å². The van der Waals surface area contributed by atoms with Crippen LogP contribution in [0.15, 0.2) is 52.4 Å². The van der Waals surface area contributed by atoms with Crippen LogP contribution in [0, 0.1) is 27.7 Å². The zero-order valence-corrected chi connectivity index (χ0v) is 20.5. The number of nitrogens with zero attached hydrogens (tertiary/aromatic N) is 2. The van der Waals surface area contributed by atoms with E-state index in [9.17, 15) is 9.59 Å². The minimum atomic E-state index is -0.158. The van der Waals surface area contributed by atoms with Gasteiger partial charge in [-0.1, -0.05) is 41.6 Å². The second-order valence-corrected chi connectivity index (χ2v) is 10.1. The van der Waals surface area contributed by atoms with Crippen molar-refractivity contribution in [3.05, 3.63) is 79.4 Å². The molecule has 1 N–H and O–H groups in total. The number of aromatic nitrogens is 2. The first-order chi connectivity index (χ1) is 15.3. The molecule has 0 aliphatic carbocycles. The van der Waals surface area contributed by atoms with Crippen molar-refractivity contribution < 1.29 is 4.79 Å². The molecule has 5 nitrogen and oxygen atoms in total. The molecule has 0 saturated carbocycles. The number of nitrogens with one attached hydrogen (secondary N) is 1. The van der Waals surface area contributed by atoms with Crippen LogP contribution in [-0.2, 0) is 4.79 Å². The number of amides is 1. The topological polar surface area (TPSA) is 64.0 Å². The van der Waals surface area contributed by atoms with Crippen molar-refractivity contribution in [2.45, 2.75) is 32.9 Å². The summed E-state index contributed by atoms with van der Waals surface area (Å²) >= 11 is 8.92. The van der Waals surface area contributed by atoms with Gasteiger partial charge in [0.1, 0.15) is 4.83 Å². The van der Waals surface area contributed by atoms with Crippen LogP contribution >= 0.6 is 34.7 Å². The molecule has 4 rings (SSSR count). The third-order valence-corrected chi connectivity index (χ3v) is 7.72. The summed E-state index contributed by atoms with van der Waals surface area (Å²) in [7, 11) is 0. The molecule has 2 aromatic heterocycles. The molecule has 4 aromatic rings. The van der Waals surface area contributed by atoms with Gasteiger partial charge in [0.05, 0.1) is 16.8 Å². The van der Waals surface area contributed by atoms with Gasteiger partial charge in [-0.05, 0) is 68.7 Å². The van der Waals surface area contributed by atoms with Crippen LogP contribution in [-0.4, -0.2) is 21.2 Å². The second kappa shape index (κ2) is 9.10. The Morgan fingerprint density at radius 3 is 2.62 bits per heavy atom. The van der Waals surface area contributed by atoms with Crippen LogP contribution in [0.5, 0.6) is 0 Å². The lowest BCUT2D eigenvalue weighted by molar-refractivity contribution is -0.113. The quantitative estimate of drug-likeness (QED) is 0.276. The summed E-state index contributed by atoms with van der Waals surface area (Å²) in [6, 6.07) is 12.9. The zero-order valence-electron chi connectivity index (χ0n) is 18.2. The number of fused-ring (bicyclic) bond motifs is 1. The molecule has 0 aliphatic heterocycles. The number of hydrogen-bond donors (Lipinski definition) is 1. The van der Waals surface area contributed by atoms with Crippen molar-refractivity contribution in [1.82, 2.24) is 9.55 Å². The molecule has 0 atom stereocenters. The first kappa shape index (κ1) is 22.6. The number of thioether (sulfide) groups is 1. The average Bonchev–Trinajstić information content (AvgIpc) is 3.03. The minimum absolute atomic E-state index is 0.120. The molecule has 1 amide bonds. The van der Waals surface area contributed by atoms with Gasteiger partial charge in [-0.15, -0.1) is 11.3 Å². The molecule has 0 spiro atoms. The summed E-state index contributed by atoms with van der Waals surface area (Å²) in [5, 5.41) is 4.55. The summed E-state index contributed by atoms with van der Waals surface area (Å²) in [4.78, 5) is 32.7. The highest BCUT2D eigenvalue weighted by molar-refractivity contribution is 7.99. The average molecular weight is 484 g/mol. The number of anilines is 1. The van der Waals surface area contributed by atoms with E-state index >= 15 is 0 Å². The molecule has 0 bridgehead atoms. The molecule has 0 aliphatic rings. The van der Waals surface area contributed by atoms with Gasteiger partial charge in [-0.3, -0.25) is 14.2 Å². The van der Waals surface area contributed by atoms with Gasteiger partial charge in [-0.25, -0.2) is 4.98 Å². The molecule has 0 saturated heterocycles. The monoisotopic (exact) mass is 483 g/mol. The number of thiophene rings is 1. The molecule has 2 aromatic carbocycles. The van der Waals surface area contributed by atoms with Gasteiger partial charge in [0.2, 0.25) is 5.91 Å². The van der Waals surface area contributed by atoms with E-state index in [-0.39, 0.29) is 17.2 Å². The van der Waals surface area contributed by atoms with Crippen LogP contribution in [0.1, 0.15) is 21.6 Å². The van der Waals surface area contributed by atoms with Crippen molar-refractivity contribution >= 4 is 56.5 Å². The highest BCUT2D eigenvalue weighted by Crippen LogP contribution is 2.30. The van der Waals surface area contributed by atoms with Crippen LogP contribution in [0.4, 0.5) is 5.69 Å². The Morgan fingerprint density at radius 1 is 1.12 bits per heavy atom. The van der Waals surface area contributed by atoms with Gasteiger partial charge in [-0.2, -0.15) is 0 Å². The zero-order chi connectivity index (χ0) is 23.0. The number of carbonyl (C=O) groups excluding carboxylic acids is 1. The predicted octanol–water partition coefficient (Wildman–Crippen LogP) is 6.07. The molecule has 164 valence electrons. The molecular weight excluding hydrogens is 462 g/mol. The van der Waals surface area contributed by atoms with E-state index in [0.29, 0.717) is 26.1 Å². The maximum atomic E-state index is 13.5. The van der Waals surface area contributed by atoms with Crippen molar-refractivity contribution in [3.63, 3.8) is 0 Å². The van der Waals surface area contributed by atoms with E-state index in [1.54, 1.807) is 22.8 Å². The van der Waals surface area contributed by atoms with Gasteiger partial charge in [0.25, 0.3) is 5.56 Å². The molecule has 8 heteroatoms. The molecule has 2 heterocycles. The lowest BCUT2D eigenvalue weighted by atomic mass is 10.1. The Kier molecular flexibility index (Phi) is 6.42. The number of benzene rings is 2. The number of carbonyl (C=O) groups is 1. The summed E-state index contributed by atoms with van der Waals surface area (Å²) in [5.41, 5.74) is 4.33. The lowest BCUT2D eigenvalue weighted by Gasteiger charge is -2.13. The number of rotatable bonds is 5. The Hall–Kier alpha value is -2.61. The van der Waals surface area contributed by atoms with Gasteiger partial charge in [0, 0.05) is 15.6 Å². The van der Waals surface area contributed by atoms with Gasteiger partial charge < -0.3 is 5.32 Å². The number of halogens is 1. The van der Waals surface area contributed by atoms with Crippen LogP contribution in [0.3, 0.4) is 0 Å². The summed E-state index contributed by atoms with van der Waals surface area (Å²) < 4.78 is 1.54. The normalized spacial score (nSPS) is 11.2. The van der Waals surface area contributed by atoms with E-state index in [0.717, 1.165) is 27.3 Å². The fourth-order valence-electron chi connectivity index (χ4n) is 3.42. The van der Waals surface area contributed by atoms with Crippen molar-refractivity contribution in [2.24, 2.45) is 0 Å². The maximum absolute atomic E-state index is 13.5. The molecule has 0 unspecified atom stereocenters. The highest BCUT2D eigenvalue weighted by atomic mass is 35.5. The van der Waals surface area contributed by atoms with Gasteiger partial charge >= 0.3 is 0 Å². The van der Waals surface area contributed by atoms with E-state index < -0.39 is 0 Å². The highest BCUT2D eigenvalue weighted by Gasteiger charge is 2.19. The standard InChI is InChI=1S/C24H22ClN3O2S2/c1-13-7-5-10-19(14(13)2)26-20(29)12-31-24-27-22-21(15(3)16(4)32-22)23(30)28(24)18-9-6-8-17(25)11-18/h5-11H,12H2,1-4H3,(H,26,29). The maximum Gasteiger partial charge on any atom is 0.267 e. The van der Waals surface area contributed by atoms with Crippen molar-refractivity contribution in [1.29, 1.82) is 0 Å². The van der Waals surface area contributed by atoms with E-state index in [1.807, 2.05) is 52.0 Å². The third-order valence-electron chi connectivity index (χ3n) is 5.45. The SMILES string of the molecule is Cc1cccc(NC(=O)CSc2nc3sc(C)c(C)c3c(=O)n2-c2cccc(Cl)c2)c1C. The minimum Gasteiger partial charge on any atom is -0.325 e. The fourth-order valence-corrected chi connectivity index (χ4v) is 5.49. The Balaban J connectivity index is 1.71. The first-order valence-corrected chi connectivity index (χ1v) is 12.2. The van der Waals surface area contributed by atoms with Crippen LogP contribution < -0.4 is 10.9 Å².